The second-order valence-corrected chi connectivity index (χ2v) is 4.93. The quantitative estimate of drug-likeness (QED) is 0.853. The number of aliphatic hydroxyl groups is 1. The summed E-state index contributed by atoms with van der Waals surface area (Å²) in [6, 6.07) is 5.80. The molecule has 0 heterocycles. The predicted molar refractivity (Wildman–Crippen MR) is 75.4 cm³/mol. The van der Waals surface area contributed by atoms with Gasteiger partial charge in [0.15, 0.2) is 0 Å². The number of carbonyl (C=O) groups excluding carboxylic acids is 1. The van der Waals surface area contributed by atoms with Crippen molar-refractivity contribution in [2.24, 2.45) is 0 Å². The van der Waals surface area contributed by atoms with Crippen molar-refractivity contribution in [3.05, 3.63) is 29.3 Å². The minimum atomic E-state index is -0.380. The molecule has 0 fully saturated rings. The summed E-state index contributed by atoms with van der Waals surface area (Å²) in [4.78, 5) is 13.7. The lowest BCUT2D eigenvalue weighted by atomic mass is 10.1. The lowest BCUT2D eigenvalue weighted by molar-refractivity contribution is -0.129. The Labute approximate surface area is 115 Å². The molecule has 1 N–H and O–H groups in total. The van der Waals surface area contributed by atoms with Crippen molar-refractivity contribution in [1.82, 2.24) is 4.90 Å². The number of amides is 1. The molecule has 106 valence electrons. The van der Waals surface area contributed by atoms with Crippen molar-refractivity contribution in [3.8, 4) is 5.75 Å². The zero-order valence-corrected chi connectivity index (χ0v) is 12.1. The van der Waals surface area contributed by atoms with E-state index >= 15 is 0 Å². The molecule has 4 nitrogen and oxygen atoms in total. The minimum Gasteiger partial charge on any atom is -0.496 e. The Bertz CT molecular complexity index is 429. The van der Waals surface area contributed by atoms with Crippen molar-refractivity contribution in [1.29, 1.82) is 0 Å². The average Bonchev–Trinajstić information content (AvgIpc) is 2.37. The average molecular weight is 265 g/mol. The molecule has 0 aromatic heterocycles. The number of aryl methyl sites for hydroxylation is 1. The smallest absolute Gasteiger partial charge is 0.226 e. The number of methoxy groups -OCH3 is 1. The van der Waals surface area contributed by atoms with Crippen molar-refractivity contribution in [3.63, 3.8) is 0 Å². The van der Waals surface area contributed by atoms with Crippen molar-refractivity contribution < 1.29 is 14.6 Å². The number of ether oxygens (including phenoxy) is 1. The van der Waals surface area contributed by atoms with E-state index in [2.05, 4.69) is 0 Å². The van der Waals surface area contributed by atoms with E-state index in [0.717, 1.165) is 16.9 Å². The fraction of sp³-hybridized carbons (Fsp3) is 0.533. The lowest BCUT2D eigenvalue weighted by Crippen LogP contribution is -2.30. The van der Waals surface area contributed by atoms with E-state index in [1.54, 1.807) is 26.0 Å². The minimum absolute atomic E-state index is 0.0477. The van der Waals surface area contributed by atoms with Crippen LogP contribution in [0.5, 0.6) is 5.75 Å². The highest BCUT2D eigenvalue weighted by Crippen LogP contribution is 2.19. The molecule has 1 unspecified atom stereocenters. The van der Waals surface area contributed by atoms with Crippen molar-refractivity contribution in [2.45, 2.75) is 32.8 Å². The number of benzene rings is 1. The summed E-state index contributed by atoms with van der Waals surface area (Å²) in [5.74, 6) is 0.850. The molecule has 0 saturated heterocycles. The molecule has 1 atom stereocenters. The first kappa shape index (κ1) is 15.5. The summed E-state index contributed by atoms with van der Waals surface area (Å²) >= 11 is 0. The first-order valence-electron chi connectivity index (χ1n) is 6.49. The fourth-order valence-electron chi connectivity index (χ4n) is 1.79. The molecule has 0 bridgehead atoms. The van der Waals surface area contributed by atoms with Gasteiger partial charge in [0.2, 0.25) is 5.91 Å². The summed E-state index contributed by atoms with van der Waals surface area (Å²) in [6.45, 7) is 4.27. The molecule has 1 aromatic carbocycles. The Hall–Kier alpha value is -1.55. The van der Waals surface area contributed by atoms with Crippen molar-refractivity contribution >= 4 is 5.91 Å². The van der Waals surface area contributed by atoms with E-state index in [0.29, 0.717) is 19.4 Å². The summed E-state index contributed by atoms with van der Waals surface area (Å²) in [6.07, 6.45) is 0.571. The lowest BCUT2D eigenvalue weighted by Gasteiger charge is -2.18. The maximum Gasteiger partial charge on any atom is 0.226 e. The number of rotatable bonds is 6. The van der Waals surface area contributed by atoms with Gasteiger partial charge in [-0.25, -0.2) is 0 Å². The zero-order valence-electron chi connectivity index (χ0n) is 12.1. The molecule has 0 radical (unpaired) electrons. The van der Waals surface area contributed by atoms with Gasteiger partial charge in [0.25, 0.3) is 0 Å². The third-order valence-electron chi connectivity index (χ3n) is 3.14. The number of hydrogen-bond donors (Lipinski definition) is 1. The molecular formula is C15H23NO3. The van der Waals surface area contributed by atoms with Crippen LogP contribution >= 0.6 is 0 Å². The molecule has 1 aromatic rings. The van der Waals surface area contributed by atoms with Crippen LogP contribution in [-0.4, -0.2) is 42.7 Å². The monoisotopic (exact) mass is 265 g/mol. The Morgan fingerprint density at radius 2 is 2.16 bits per heavy atom. The number of hydrogen-bond acceptors (Lipinski definition) is 3. The van der Waals surface area contributed by atoms with Gasteiger partial charge in [0, 0.05) is 13.6 Å². The Balaban J connectivity index is 2.61. The van der Waals surface area contributed by atoms with Crippen molar-refractivity contribution in [2.75, 3.05) is 20.7 Å². The van der Waals surface area contributed by atoms with Crippen LogP contribution in [0.25, 0.3) is 0 Å². The first-order valence-corrected chi connectivity index (χ1v) is 6.49. The van der Waals surface area contributed by atoms with Gasteiger partial charge in [-0.15, -0.1) is 0 Å². The highest BCUT2D eigenvalue weighted by molar-refractivity contribution is 5.78. The van der Waals surface area contributed by atoms with E-state index in [1.165, 1.54) is 0 Å². The van der Waals surface area contributed by atoms with Gasteiger partial charge < -0.3 is 14.7 Å². The molecule has 4 heteroatoms. The van der Waals surface area contributed by atoms with E-state index in [4.69, 9.17) is 4.74 Å². The van der Waals surface area contributed by atoms with E-state index in [9.17, 15) is 9.90 Å². The van der Waals surface area contributed by atoms with Gasteiger partial charge in [-0.3, -0.25) is 4.79 Å². The third kappa shape index (κ3) is 4.91. The summed E-state index contributed by atoms with van der Waals surface area (Å²) in [5.41, 5.74) is 2.00. The van der Waals surface area contributed by atoms with Crippen LogP contribution in [0.15, 0.2) is 18.2 Å². The van der Waals surface area contributed by atoms with Crippen LogP contribution < -0.4 is 4.74 Å². The maximum atomic E-state index is 12.0. The molecule has 0 aliphatic rings. The van der Waals surface area contributed by atoms with Crippen LogP contribution in [-0.2, 0) is 11.2 Å². The fourth-order valence-corrected chi connectivity index (χ4v) is 1.79. The number of carbonyl (C=O) groups is 1. The van der Waals surface area contributed by atoms with Crippen LogP contribution in [0.3, 0.4) is 0 Å². The Kier molecular flexibility index (Phi) is 5.83. The topological polar surface area (TPSA) is 49.8 Å². The van der Waals surface area contributed by atoms with Gasteiger partial charge in [-0.2, -0.15) is 0 Å². The first-order chi connectivity index (χ1) is 8.93. The third-order valence-corrected chi connectivity index (χ3v) is 3.14. The highest BCUT2D eigenvalue weighted by Gasteiger charge is 2.11. The van der Waals surface area contributed by atoms with Crippen LogP contribution in [0.1, 0.15) is 24.5 Å². The molecule has 0 spiro atoms. The van der Waals surface area contributed by atoms with Crippen LogP contribution in [0, 0.1) is 6.92 Å². The van der Waals surface area contributed by atoms with Crippen LogP contribution in [0.4, 0.5) is 0 Å². The predicted octanol–water partition coefficient (Wildman–Crippen LogP) is 1.78. The Morgan fingerprint density at radius 1 is 1.47 bits per heavy atom. The van der Waals surface area contributed by atoms with Gasteiger partial charge in [0.05, 0.1) is 19.6 Å². The number of nitrogens with zero attached hydrogens (tertiary/aromatic N) is 1. The van der Waals surface area contributed by atoms with E-state index in [1.807, 2.05) is 25.1 Å². The Morgan fingerprint density at radius 3 is 2.74 bits per heavy atom. The largest absolute Gasteiger partial charge is 0.496 e. The van der Waals surface area contributed by atoms with Gasteiger partial charge in [-0.05, 0) is 37.5 Å². The molecule has 19 heavy (non-hydrogen) atoms. The number of aliphatic hydroxyl groups excluding tert-OH is 1. The summed E-state index contributed by atoms with van der Waals surface area (Å²) < 4.78 is 5.25. The number of likely N-dealkylation sites (N-methyl/N-ethyl adjacent to an activating group) is 1. The molecule has 0 aliphatic carbocycles. The second kappa shape index (κ2) is 7.14. The molecule has 0 aliphatic heterocycles. The van der Waals surface area contributed by atoms with E-state index < -0.39 is 0 Å². The molecule has 1 rings (SSSR count). The molecular weight excluding hydrogens is 242 g/mol. The summed E-state index contributed by atoms with van der Waals surface area (Å²) in [7, 11) is 3.39. The SMILES string of the molecule is COc1cc(CC(=O)N(C)CCC(C)O)ccc1C. The zero-order chi connectivity index (χ0) is 14.4. The molecule has 0 saturated carbocycles. The van der Waals surface area contributed by atoms with Gasteiger partial charge in [0.1, 0.15) is 5.75 Å². The second-order valence-electron chi connectivity index (χ2n) is 4.93. The standard InChI is InChI=1S/C15H23NO3/c1-11-5-6-13(9-14(11)19-4)10-15(18)16(3)8-7-12(2)17/h5-6,9,12,17H,7-8,10H2,1-4H3. The van der Waals surface area contributed by atoms with Gasteiger partial charge in [-0.1, -0.05) is 12.1 Å². The summed E-state index contributed by atoms with van der Waals surface area (Å²) in [5, 5.41) is 9.22. The van der Waals surface area contributed by atoms with Gasteiger partial charge >= 0.3 is 0 Å². The maximum absolute atomic E-state index is 12.0. The highest BCUT2D eigenvalue weighted by atomic mass is 16.5. The molecule has 1 amide bonds. The normalized spacial score (nSPS) is 12.1. The van der Waals surface area contributed by atoms with E-state index in [-0.39, 0.29) is 12.0 Å². The van der Waals surface area contributed by atoms with Crippen LogP contribution in [0.2, 0.25) is 0 Å².